The molecule has 0 aromatic heterocycles. The molecule has 0 bridgehead atoms. The second kappa shape index (κ2) is 7.52. The van der Waals surface area contributed by atoms with Crippen molar-refractivity contribution in [3.8, 4) is 5.75 Å². The first-order valence-electron chi connectivity index (χ1n) is 6.88. The number of carboxylic acid groups (broad SMARTS) is 1. The van der Waals surface area contributed by atoms with Gasteiger partial charge in [-0.3, -0.25) is 9.69 Å². The predicted octanol–water partition coefficient (Wildman–Crippen LogP) is 2.52. The summed E-state index contributed by atoms with van der Waals surface area (Å²) in [5.74, 6) is -0.722. The number of anilines is 1. The van der Waals surface area contributed by atoms with Gasteiger partial charge in [0.05, 0.1) is 0 Å². The Morgan fingerprint density at radius 1 is 1.19 bits per heavy atom. The summed E-state index contributed by atoms with van der Waals surface area (Å²) >= 11 is 0. The Hall–Kier alpha value is -2.24. The Labute approximate surface area is 124 Å². The molecule has 116 valence electrons. The van der Waals surface area contributed by atoms with Crippen molar-refractivity contribution in [3.63, 3.8) is 0 Å². The first-order valence-corrected chi connectivity index (χ1v) is 6.88. The van der Waals surface area contributed by atoms with Crippen molar-refractivity contribution in [2.24, 2.45) is 0 Å². The summed E-state index contributed by atoms with van der Waals surface area (Å²) < 4.78 is 0. The lowest BCUT2D eigenvalue weighted by molar-refractivity contribution is -0.137. The molecule has 2 amide bonds. The quantitative estimate of drug-likeness (QED) is 0.844. The summed E-state index contributed by atoms with van der Waals surface area (Å²) in [6.07, 6.45) is 0.460. The lowest BCUT2D eigenvalue weighted by Gasteiger charge is -2.31. The highest BCUT2D eigenvalue weighted by molar-refractivity contribution is 5.91. The van der Waals surface area contributed by atoms with Crippen molar-refractivity contribution in [1.82, 2.24) is 4.90 Å². The van der Waals surface area contributed by atoms with Crippen LogP contribution in [0, 0.1) is 0 Å². The molecule has 0 fully saturated rings. The number of hydrogen-bond acceptors (Lipinski definition) is 3. The van der Waals surface area contributed by atoms with Gasteiger partial charge in [-0.25, -0.2) is 4.79 Å². The van der Waals surface area contributed by atoms with Crippen LogP contribution in [0.4, 0.5) is 10.5 Å². The minimum Gasteiger partial charge on any atom is -0.508 e. The number of nitrogens with zero attached hydrogens (tertiary/aromatic N) is 2. The molecule has 2 N–H and O–H groups in total. The van der Waals surface area contributed by atoms with Crippen LogP contribution in [0.15, 0.2) is 24.3 Å². The standard InChI is InChI=1S/C15H22N2O4/c1-11(2)17(10-4-5-14(19)20)15(21)16(3)12-6-8-13(18)9-7-12/h6-9,11,18H,4-5,10H2,1-3H3,(H,19,20). The second-order valence-corrected chi connectivity index (χ2v) is 5.14. The molecule has 6 nitrogen and oxygen atoms in total. The highest BCUT2D eigenvalue weighted by Crippen LogP contribution is 2.19. The maximum Gasteiger partial charge on any atom is 0.324 e. The third kappa shape index (κ3) is 4.98. The van der Waals surface area contributed by atoms with Crippen molar-refractivity contribution in [3.05, 3.63) is 24.3 Å². The van der Waals surface area contributed by atoms with Crippen LogP contribution in [0.25, 0.3) is 0 Å². The zero-order chi connectivity index (χ0) is 16.0. The van der Waals surface area contributed by atoms with Crippen molar-refractivity contribution < 1.29 is 19.8 Å². The van der Waals surface area contributed by atoms with Gasteiger partial charge in [-0.1, -0.05) is 0 Å². The van der Waals surface area contributed by atoms with Crippen LogP contribution in [0.2, 0.25) is 0 Å². The molecule has 0 saturated heterocycles. The van der Waals surface area contributed by atoms with E-state index in [1.807, 2.05) is 13.8 Å². The minimum atomic E-state index is -0.863. The predicted molar refractivity (Wildman–Crippen MR) is 80.6 cm³/mol. The van der Waals surface area contributed by atoms with E-state index < -0.39 is 5.97 Å². The van der Waals surface area contributed by atoms with E-state index in [0.717, 1.165) is 0 Å². The number of phenols is 1. The highest BCUT2D eigenvalue weighted by Gasteiger charge is 2.21. The lowest BCUT2D eigenvalue weighted by Crippen LogP contribution is -2.45. The van der Waals surface area contributed by atoms with E-state index in [4.69, 9.17) is 5.11 Å². The molecule has 1 rings (SSSR count). The minimum absolute atomic E-state index is 0.0224. The van der Waals surface area contributed by atoms with Crippen molar-refractivity contribution in [2.75, 3.05) is 18.5 Å². The highest BCUT2D eigenvalue weighted by atomic mass is 16.4. The first-order chi connectivity index (χ1) is 9.82. The van der Waals surface area contributed by atoms with Crippen molar-refractivity contribution in [2.45, 2.75) is 32.7 Å². The number of carboxylic acids is 1. The van der Waals surface area contributed by atoms with E-state index in [2.05, 4.69) is 0 Å². The number of aliphatic carboxylic acids is 1. The number of hydrogen-bond donors (Lipinski definition) is 2. The number of carbonyl (C=O) groups excluding carboxylic acids is 1. The summed E-state index contributed by atoms with van der Waals surface area (Å²) in [6.45, 7) is 4.18. The number of phenolic OH excluding ortho intramolecular Hbond substituents is 1. The molecule has 6 heteroatoms. The number of rotatable bonds is 6. The number of benzene rings is 1. The summed E-state index contributed by atoms with van der Waals surface area (Å²) in [4.78, 5) is 26.2. The third-order valence-electron chi connectivity index (χ3n) is 3.18. The molecule has 0 atom stereocenters. The Balaban J connectivity index is 2.75. The fraction of sp³-hybridized carbons (Fsp3) is 0.467. The Morgan fingerprint density at radius 2 is 1.76 bits per heavy atom. The van der Waals surface area contributed by atoms with Crippen LogP contribution in [-0.2, 0) is 4.79 Å². The molecule has 0 saturated carbocycles. The summed E-state index contributed by atoms with van der Waals surface area (Å²) in [7, 11) is 1.65. The van der Waals surface area contributed by atoms with Gasteiger partial charge < -0.3 is 15.1 Å². The topological polar surface area (TPSA) is 81.1 Å². The number of aromatic hydroxyl groups is 1. The molecule has 1 aromatic rings. The molecular formula is C15H22N2O4. The summed E-state index contributed by atoms with van der Waals surface area (Å²) in [5.41, 5.74) is 0.668. The molecule has 0 spiro atoms. The number of amides is 2. The molecule has 0 radical (unpaired) electrons. The maximum absolute atomic E-state index is 12.5. The monoisotopic (exact) mass is 294 g/mol. The SMILES string of the molecule is CC(C)N(CCCC(=O)O)C(=O)N(C)c1ccc(O)cc1. The van der Waals surface area contributed by atoms with Crippen molar-refractivity contribution >= 4 is 17.7 Å². The zero-order valence-electron chi connectivity index (χ0n) is 12.6. The molecular weight excluding hydrogens is 272 g/mol. The molecule has 21 heavy (non-hydrogen) atoms. The van der Waals surface area contributed by atoms with E-state index in [0.29, 0.717) is 18.7 Å². The van der Waals surface area contributed by atoms with Gasteiger partial charge >= 0.3 is 12.0 Å². The van der Waals surface area contributed by atoms with Gasteiger partial charge in [0.15, 0.2) is 0 Å². The van der Waals surface area contributed by atoms with Gasteiger partial charge in [-0.2, -0.15) is 0 Å². The lowest BCUT2D eigenvalue weighted by atomic mass is 10.2. The third-order valence-corrected chi connectivity index (χ3v) is 3.18. The smallest absolute Gasteiger partial charge is 0.324 e. The van der Waals surface area contributed by atoms with E-state index in [9.17, 15) is 14.7 Å². The van der Waals surface area contributed by atoms with E-state index in [1.165, 1.54) is 17.0 Å². The van der Waals surface area contributed by atoms with Gasteiger partial charge in [0.1, 0.15) is 5.75 Å². The van der Waals surface area contributed by atoms with Crippen molar-refractivity contribution in [1.29, 1.82) is 0 Å². The maximum atomic E-state index is 12.5. The Kier molecular flexibility index (Phi) is 6.02. The largest absolute Gasteiger partial charge is 0.508 e. The first kappa shape index (κ1) is 16.8. The van der Waals surface area contributed by atoms with Gasteiger partial charge in [0.25, 0.3) is 0 Å². The van der Waals surface area contributed by atoms with Crippen LogP contribution in [0.5, 0.6) is 5.75 Å². The van der Waals surface area contributed by atoms with Gasteiger partial charge in [0.2, 0.25) is 0 Å². The second-order valence-electron chi connectivity index (χ2n) is 5.14. The van der Waals surface area contributed by atoms with Gasteiger partial charge in [0, 0.05) is 31.7 Å². The Morgan fingerprint density at radius 3 is 2.24 bits per heavy atom. The summed E-state index contributed by atoms with van der Waals surface area (Å²) in [5, 5.41) is 18.0. The van der Waals surface area contributed by atoms with Crippen LogP contribution in [0.3, 0.4) is 0 Å². The van der Waals surface area contributed by atoms with E-state index in [1.54, 1.807) is 24.1 Å². The molecule has 0 aliphatic rings. The number of carbonyl (C=O) groups is 2. The molecule has 0 unspecified atom stereocenters. The fourth-order valence-corrected chi connectivity index (χ4v) is 1.95. The molecule has 0 aliphatic carbocycles. The van der Waals surface area contributed by atoms with Gasteiger partial charge in [-0.15, -0.1) is 0 Å². The Bertz CT molecular complexity index is 485. The molecule has 1 aromatic carbocycles. The zero-order valence-corrected chi connectivity index (χ0v) is 12.6. The number of urea groups is 1. The summed E-state index contributed by atoms with van der Waals surface area (Å²) in [6, 6.07) is 6.13. The molecule has 0 aliphatic heterocycles. The molecule has 0 heterocycles. The van der Waals surface area contributed by atoms with Crippen LogP contribution < -0.4 is 4.90 Å². The average molecular weight is 294 g/mol. The van der Waals surface area contributed by atoms with Gasteiger partial charge in [-0.05, 0) is 44.5 Å². The van der Waals surface area contributed by atoms with E-state index in [-0.39, 0.29) is 24.2 Å². The van der Waals surface area contributed by atoms with Crippen LogP contribution >= 0.6 is 0 Å². The normalized spacial score (nSPS) is 10.5. The van der Waals surface area contributed by atoms with Crippen LogP contribution in [-0.4, -0.2) is 46.7 Å². The van der Waals surface area contributed by atoms with E-state index >= 15 is 0 Å². The van der Waals surface area contributed by atoms with Crippen LogP contribution in [0.1, 0.15) is 26.7 Å². The fourth-order valence-electron chi connectivity index (χ4n) is 1.95. The average Bonchev–Trinajstić information content (AvgIpc) is 2.42.